The lowest BCUT2D eigenvalue weighted by atomic mass is 9.87. The quantitative estimate of drug-likeness (QED) is 0.208. The fourth-order valence-corrected chi connectivity index (χ4v) is 3.29. The Balaban J connectivity index is 2.65. The fraction of sp³-hybridized carbons (Fsp3) is 0.824. The number of carbonyl (C=O) groups is 1. The monoisotopic (exact) mass is 451 g/mol. The van der Waals surface area contributed by atoms with Gasteiger partial charge in [0.05, 0.1) is 19.3 Å². The van der Waals surface area contributed by atoms with Crippen LogP contribution < -0.4 is 0 Å². The van der Waals surface area contributed by atoms with Gasteiger partial charge in [-0.1, -0.05) is 28.7 Å². The molecule has 1 fully saturated rings. The molecule has 0 radical (unpaired) electrons. The SMILES string of the molecule is COCCOCOC(CC/C=C/[123I])C1CN(C)CCC1OC(C)=O. The third kappa shape index (κ3) is 8.75. The number of piperidine rings is 1. The van der Waals surface area contributed by atoms with Gasteiger partial charge in [-0.05, 0) is 30.4 Å². The lowest BCUT2D eigenvalue weighted by molar-refractivity contribution is -0.166. The Hall–Kier alpha value is -0.220. The highest BCUT2D eigenvalue weighted by molar-refractivity contribution is 14.1. The summed E-state index contributed by atoms with van der Waals surface area (Å²) in [5.41, 5.74) is 0. The summed E-state index contributed by atoms with van der Waals surface area (Å²) in [4.78, 5) is 13.7. The standard InChI is InChI=1S/C17H30INO5/c1-14(20)24-17-7-9-19(2)12-15(17)16(6-4-5-8-18)23-13-22-11-10-21-3/h5,8,15-17H,4,6-7,9-13H2,1-3H3/b8-5+/i18-4. The number of methoxy groups -OCH3 is 1. The minimum Gasteiger partial charge on any atom is -0.462 e. The molecule has 1 aliphatic heterocycles. The molecule has 1 heterocycles. The molecule has 0 N–H and O–H groups in total. The maximum atomic E-state index is 11.4. The first-order valence-electron chi connectivity index (χ1n) is 8.37. The lowest BCUT2D eigenvalue weighted by Crippen LogP contribution is -2.49. The van der Waals surface area contributed by atoms with Gasteiger partial charge in [-0.3, -0.25) is 4.79 Å². The van der Waals surface area contributed by atoms with Crippen molar-refractivity contribution in [1.82, 2.24) is 4.90 Å². The summed E-state index contributed by atoms with van der Waals surface area (Å²) in [6, 6.07) is 0. The van der Waals surface area contributed by atoms with Gasteiger partial charge in [0, 0.05) is 33.0 Å². The molecule has 0 aromatic heterocycles. The zero-order valence-electron chi connectivity index (χ0n) is 14.9. The summed E-state index contributed by atoms with van der Waals surface area (Å²) in [6.07, 6.45) is 4.67. The molecule has 0 saturated carbocycles. The number of allylic oxidation sites excluding steroid dienone is 1. The first-order valence-corrected chi connectivity index (χ1v) is 9.62. The van der Waals surface area contributed by atoms with Gasteiger partial charge in [0.2, 0.25) is 0 Å². The average Bonchev–Trinajstić information content (AvgIpc) is 2.54. The summed E-state index contributed by atoms with van der Waals surface area (Å²) in [7, 11) is 3.73. The van der Waals surface area contributed by atoms with E-state index in [1.807, 2.05) is 4.08 Å². The topological polar surface area (TPSA) is 57.2 Å². The molecule has 0 aromatic carbocycles. The highest BCUT2D eigenvalue weighted by Crippen LogP contribution is 2.27. The molecule has 0 aromatic rings. The van der Waals surface area contributed by atoms with Crippen molar-refractivity contribution < 1.29 is 23.7 Å². The third-order valence-corrected chi connectivity index (χ3v) is 4.60. The van der Waals surface area contributed by atoms with E-state index in [1.165, 1.54) is 6.92 Å². The maximum Gasteiger partial charge on any atom is 0.302 e. The summed E-state index contributed by atoms with van der Waals surface area (Å²) >= 11 is 2.22. The van der Waals surface area contributed by atoms with Crippen molar-refractivity contribution in [1.29, 1.82) is 0 Å². The van der Waals surface area contributed by atoms with E-state index >= 15 is 0 Å². The van der Waals surface area contributed by atoms with Crippen LogP contribution in [0.25, 0.3) is 0 Å². The van der Waals surface area contributed by atoms with Crippen LogP contribution in [0.1, 0.15) is 26.2 Å². The largest absolute Gasteiger partial charge is 0.462 e. The van der Waals surface area contributed by atoms with Gasteiger partial charge in [0.25, 0.3) is 0 Å². The second-order valence-electron chi connectivity index (χ2n) is 6.03. The molecular weight excluding hydrogens is 421 g/mol. The predicted molar refractivity (Wildman–Crippen MR) is 101 cm³/mol. The summed E-state index contributed by atoms with van der Waals surface area (Å²) in [5.74, 6) is -0.0712. The number of ether oxygens (including phenoxy) is 4. The molecule has 0 aliphatic carbocycles. The fourth-order valence-electron chi connectivity index (χ4n) is 2.93. The molecule has 7 heteroatoms. The van der Waals surface area contributed by atoms with Crippen LogP contribution in [0, 0.1) is 5.92 Å². The molecule has 1 rings (SSSR count). The number of hydrogen-bond acceptors (Lipinski definition) is 6. The minimum atomic E-state index is -0.225. The van der Waals surface area contributed by atoms with Crippen molar-refractivity contribution in [2.45, 2.75) is 38.4 Å². The molecule has 0 spiro atoms. The van der Waals surface area contributed by atoms with Crippen LogP contribution in [0.5, 0.6) is 0 Å². The molecule has 1 saturated heterocycles. The second-order valence-corrected chi connectivity index (χ2v) is 6.74. The van der Waals surface area contributed by atoms with Crippen molar-refractivity contribution >= 4 is 28.6 Å². The number of hydrogen-bond donors (Lipinski definition) is 0. The molecule has 0 bridgehead atoms. The van der Waals surface area contributed by atoms with Crippen molar-refractivity contribution in [3.63, 3.8) is 0 Å². The van der Waals surface area contributed by atoms with E-state index in [4.69, 9.17) is 18.9 Å². The Kier molecular flexibility index (Phi) is 11.9. The smallest absolute Gasteiger partial charge is 0.302 e. The highest BCUT2D eigenvalue weighted by Gasteiger charge is 2.36. The van der Waals surface area contributed by atoms with Crippen molar-refractivity contribution in [2.75, 3.05) is 47.3 Å². The summed E-state index contributed by atoms with van der Waals surface area (Å²) in [5, 5.41) is 0. The Morgan fingerprint density at radius 1 is 1.42 bits per heavy atom. The van der Waals surface area contributed by atoms with Crippen molar-refractivity contribution in [3.05, 3.63) is 10.2 Å². The minimum absolute atomic E-state index is 0.00718. The van der Waals surface area contributed by atoms with E-state index in [9.17, 15) is 4.79 Å². The molecule has 3 atom stereocenters. The Bertz CT molecular complexity index is 380. The molecule has 6 nitrogen and oxygen atoms in total. The first-order chi connectivity index (χ1) is 11.6. The van der Waals surface area contributed by atoms with E-state index in [0.29, 0.717) is 13.2 Å². The van der Waals surface area contributed by atoms with Gasteiger partial charge in [0.1, 0.15) is 12.9 Å². The number of likely N-dealkylation sites (tertiary alicyclic amines) is 1. The normalized spacial score (nSPS) is 23.5. The van der Waals surface area contributed by atoms with Gasteiger partial charge in [-0.2, -0.15) is 0 Å². The summed E-state index contributed by atoms with van der Waals surface area (Å²) in [6.45, 7) is 4.54. The van der Waals surface area contributed by atoms with Crippen LogP contribution in [0.2, 0.25) is 0 Å². The number of halogens is 1. The van der Waals surface area contributed by atoms with E-state index in [1.54, 1.807) is 7.11 Å². The molecule has 3 unspecified atom stereocenters. The first kappa shape index (κ1) is 21.8. The average molecular weight is 451 g/mol. The molecule has 24 heavy (non-hydrogen) atoms. The lowest BCUT2D eigenvalue weighted by Gasteiger charge is -2.40. The number of carbonyl (C=O) groups excluding carboxylic acids is 1. The summed E-state index contributed by atoms with van der Waals surface area (Å²) < 4.78 is 24.0. The number of rotatable bonds is 11. The van der Waals surface area contributed by atoms with Crippen LogP contribution >= 0.6 is 22.6 Å². The number of esters is 1. The van der Waals surface area contributed by atoms with Crippen LogP contribution in [0.4, 0.5) is 0 Å². The van der Waals surface area contributed by atoms with Gasteiger partial charge in [-0.15, -0.1) is 0 Å². The van der Waals surface area contributed by atoms with Gasteiger partial charge in [0.15, 0.2) is 0 Å². The van der Waals surface area contributed by atoms with Gasteiger partial charge < -0.3 is 23.8 Å². The van der Waals surface area contributed by atoms with Gasteiger partial charge in [-0.25, -0.2) is 0 Å². The van der Waals surface area contributed by atoms with Crippen LogP contribution in [0.15, 0.2) is 10.2 Å². The molecule has 0 amide bonds. The van der Waals surface area contributed by atoms with Crippen LogP contribution in [0.3, 0.4) is 0 Å². The zero-order valence-corrected chi connectivity index (χ0v) is 17.1. The maximum absolute atomic E-state index is 11.4. The molecule has 1 aliphatic rings. The van der Waals surface area contributed by atoms with Crippen LogP contribution in [-0.4, -0.2) is 70.3 Å². The van der Waals surface area contributed by atoms with E-state index in [-0.39, 0.29) is 30.9 Å². The van der Waals surface area contributed by atoms with E-state index in [0.717, 1.165) is 32.4 Å². The Morgan fingerprint density at radius 2 is 2.21 bits per heavy atom. The number of nitrogens with zero attached hydrogens (tertiary/aromatic N) is 1. The van der Waals surface area contributed by atoms with E-state index < -0.39 is 0 Å². The zero-order chi connectivity index (χ0) is 17.8. The van der Waals surface area contributed by atoms with E-state index in [2.05, 4.69) is 40.6 Å². The second kappa shape index (κ2) is 13.0. The molecule has 140 valence electrons. The highest BCUT2D eigenvalue weighted by atomic mass is 123. The van der Waals surface area contributed by atoms with Crippen molar-refractivity contribution in [2.24, 2.45) is 5.92 Å². The van der Waals surface area contributed by atoms with Crippen molar-refractivity contribution in [3.8, 4) is 0 Å². The predicted octanol–water partition coefficient (Wildman–Crippen LogP) is 2.60. The molecular formula is C17H30INO5. The Labute approximate surface area is 159 Å². The Morgan fingerprint density at radius 3 is 2.88 bits per heavy atom. The third-order valence-electron chi connectivity index (χ3n) is 4.09. The van der Waals surface area contributed by atoms with Gasteiger partial charge >= 0.3 is 5.97 Å². The van der Waals surface area contributed by atoms with Crippen LogP contribution in [-0.2, 0) is 23.7 Å².